The number of hydrogen-bond donors (Lipinski definition) is 2. The molecule has 0 aromatic heterocycles. The molecule has 0 bridgehead atoms. The summed E-state index contributed by atoms with van der Waals surface area (Å²) in [6.07, 6.45) is 6.28. The van der Waals surface area contributed by atoms with Gasteiger partial charge in [-0.2, -0.15) is 0 Å². The van der Waals surface area contributed by atoms with Crippen LogP contribution in [-0.4, -0.2) is 16.3 Å². The molecule has 3 aliphatic rings. The van der Waals surface area contributed by atoms with E-state index < -0.39 is 0 Å². The van der Waals surface area contributed by atoms with Crippen LogP contribution in [0.15, 0.2) is 12.1 Å². The van der Waals surface area contributed by atoms with Crippen LogP contribution >= 0.6 is 11.6 Å². The van der Waals surface area contributed by atoms with Crippen molar-refractivity contribution >= 4 is 11.6 Å². The van der Waals surface area contributed by atoms with Crippen molar-refractivity contribution in [1.29, 1.82) is 0 Å². The van der Waals surface area contributed by atoms with Gasteiger partial charge in [-0.15, -0.1) is 0 Å². The molecule has 5 atom stereocenters. The van der Waals surface area contributed by atoms with E-state index in [0.717, 1.165) is 44.1 Å². The second-order valence-electron chi connectivity index (χ2n) is 7.80. The summed E-state index contributed by atoms with van der Waals surface area (Å²) >= 11 is 5.60. The third kappa shape index (κ3) is 2.13. The third-order valence-corrected chi connectivity index (χ3v) is 7.11. The molecular weight excluding hydrogens is 308 g/mol. The van der Waals surface area contributed by atoms with Crippen LogP contribution in [0.4, 0.5) is 0 Å². The van der Waals surface area contributed by atoms with Crippen molar-refractivity contribution in [3.63, 3.8) is 0 Å². The predicted molar refractivity (Wildman–Crippen MR) is 91.5 cm³/mol. The number of aromatic hydroxyl groups is 1. The van der Waals surface area contributed by atoms with Gasteiger partial charge >= 0.3 is 0 Å². The van der Waals surface area contributed by atoms with Gasteiger partial charge in [-0.3, -0.25) is 0 Å². The van der Waals surface area contributed by atoms with E-state index in [0.29, 0.717) is 17.8 Å². The SMILES string of the molecule is C[C@]12CC[C@@H]3c4ccc(O)c(C#CCl)c4CC[C@H]3[C@@H]1CC[C@H]2O. The second-order valence-corrected chi connectivity index (χ2v) is 7.99. The number of rotatable bonds is 0. The van der Waals surface area contributed by atoms with E-state index in [1.807, 2.05) is 0 Å². The lowest BCUT2D eigenvalue weighted by Crippen LogP contribution is -2.44. The van der Waals surface area contributed by atoms with Crippen LogP contribution in [0.25, 0.3) is 0 Å². The molecule has 0 aliphatic heterocycles. The summed E-state index contributed by atoms with van der Waals surface area (Å²) in [5.41, 5.74) is 3.38. The number of benzene rings is 1. The summed E-state index contributed by atoms with van der Waals surface area (Å²) in [6.45, 7) is 2.29. The molecule has 4 rings (SSSR count). The Morgan fingerprint density at radius 2 is 2.04 bits per heavy atom. The molecule has 0 saturated heterocycles. The van der Waals surface area contributed by atoms with Crippen molar-refractivity contribution < 1.29 is 10.2 Å². The van der Waals surface area contributed by atoms with Gasteiger partial charge in [-0.25, -0.2) is 0 Å². The fourth-order valence-electron chi connectivity index (χ4n) is 5.81. The molecule has 122 valence electrons. The van der Waals surface area contributed by atoms with Crippen LogP contribution in [-0.2, 0) is 6.42 Å². The Labute approximate surface area is 142 Å². The van der Waals surface area contributed by atoms with Crippen LogP contribution in [0.5, 0.6) is 5.75 Å². The predicted octanol–water partition coefficient (Wildman–Crippen LogP) is 4.16. The lowest BCUT2D eigenvalue weighted by atomic mass is 9.55. The molecule has 3 aliphatic carbocycles. The molecule has 0 unspecified atom stereocenters. The molecular formula is C20H23ClO2. The van der Waals surface area contributed by atoms with Crippen molar-refractivity contribution in [3.8, 4) is 17.0 Å². The number of phenolic OH excluding ortho intramolecular Hbond substituents is 1. The number of fused-ring (bicyclic) bond motifs is 5. The van der Waals surface area contributed by atoms with Crippen LogP contribution in [0.3, 0.4) is 0 Å². The largest absolute Gasteiger partial charge is 0.507 e. The van der Waals surface area contributed by atoms with E-state index >= 15 is 0 Å². The smallest absolute Gasteiger partial charge is 0.131 e. The Bertz CT molecular complexity index is 702. The lowest BCUT2D eigenvalue weighted by molar-refractivity contribution is -0.0226. The topological polar surface area (TPSA) is 40.5 Å². The highest BCUT2D eigenvalue weighted by Gasteiger charge is 2.54. The summed E-state index contributed by atoms with van der Waals surface area (Å²) in [5.74, 6) is 4.95. The van der Waals surface area contributed by atoms with Gasteiger partial charge in [0.25, 0.3) is 0 Å². The zero-order valence-electron chi connectivity index (χ0n) is 13.5. The molecule has 2 nitrogen and oxygen atoms in total. The van der Waals surface area contributed by atoms with Crippen LogP contribution in [0.1, 0.15) is 61.6 Å². The molecule has 0 heterocycles. The molecule has 1 aromatic carbocycles. The van der Waals surface area contributed by atoms with Crippen molar-refractivity contribution in [2.24, 2.45) is 17.3 Å². The highest BCUT2D eigenvalue weighted by atomic mass is 35.5. The fourth-order valence-corrected chi connectivity index (χ4v) is 5.91. The summed E-state index contributed by atoms with van der Waals surface area (Å²) in [7, 11) is 0. The maximum atomic E-state index is 10.5. The monoisotopic (exact) mass is 330 g/mol. The summed E-state index contributed by atoms with van der Waals surface area (Å²) in [6, 6.07) is 3.87. The molecule has 3 heteroatoms. The summed E-state index contributed by atoms with van der Waals surface area (Å²) < 4.78 is 0. The Kier molecular flexibility index (Phi) is 3.63. The highest BCUT2D eigenvalue weighted by molar-refractivity contribution is 6.30. The van der Waals surface area contributed by atoms with Crippen molar-refractivity contribution in [2.75, 3.05) is 0 Å². The number of aliphatic hydroxyl groups is 1. The van der Waals surface area contributed by atoms with Gasteiger partial charge in [0.1, 0.15) is 5.75 Å². The van der Waals surface area contributed by atoms with Gasteiger partial charge in [0, 0.05) is 5.38 Å². The standard InChI is InChI=1S/C20H23ClO2/c1-20-10-8-14-12-4-6-18(22)16(9-11-21)13(12)2-3-15(14)17(20)5-7-19(20)23/h4,6,14-15,17,19,22-23H,2-3,5,7-8,10H2,1H3/t14-,15-,17+,19-,20+/m1/s1. The molecule has 1 aromatic rings. The van der Waals surface area contributed by atoms with Gasteiger partial charge in [0.15, 0.2) is 0 Å². The van der Waals surface area contributed by atoms with Gasteiger partial charge in [-0.05, 0) is 96.4 Å². The minimum absolute atomic E-state index is 0.106. The Hall–Kier alpha value is -1.17. The Morgan fingerprint density at radius 1 is 1.22 bits per heavy atom. The quantitative estimate of drug-likeness (QED) is 0.701. The number of halogens is 1. The molecule has 0 radical (unpaired) electrons. The molecule has 2 fully saturated rings. The first-order valence-corrected chi connectivity index (χ1v) is 9.08. The van der Waals surface area contributed by atoms with E-state index in [2.05, 4.69) is 24.3 Å². The van der Waals surface area contributed by atoms with Crippen LogP contribution < -0.4 is 0 Å². The van der Waals surface area contributed by atoms with Gasteiger partial charge in [0.2, 0.25) is 0 Å². The number of hydrogen-bond acceptors (Lipinski definition) is 2. The average Bonchev–Trinajstić information content (AvgIpc) is 2.85. The summed E-state index contributed by atoms with van der Waals surface area (Å²) in [5, 5.41) is 23.0. The zero-order chi connectivity index (χ0) is 16.2. The van der Waals surface area contributed by atoms with E-state index in [1.165, 1.54) is 11.1 Å². The Morgan fingerprint density at radius 3 is 2.83 bits per heavy atom. The molecule has 0 spiro atoms. The first-order valence-electron chi connectivity index (χ1n) is 8.70. The summed E-state index contributed by atoms with van der Waals surface area (Å²) in [4.78, 5) is 0. The average molecular weight is 331 g/mol. The van der Waals surface area contributed by atoms with Crippen LogP contribution in [0.2, 0.25) is 0 Å². The second kappa shape index (κ2) is 5.43. The van der Waals surface area contributed by atoms with Gasteiger partial charge in [-0.1, -0.05) is 13.0 Å². The van der Waals surface area contributed by atoms with Crippen LogP contribution in [0, 0.1) is 28.6 Å². The van der Waals surface area contributed by atoms with Crippen molar-refractivity contribution in [3.05, 3.63) is 28.8 Å². The number of aliphatic hydroxyl groups excluding tert-OH is 1. The van der Waals surface area contributed by atoms with Crippen molar-refractivity contribution in [2.45, 2.75) is 57.5 Å². The molecule has 0 amide bonds. The highest BCUT2D eigenvalue weighted by Crippen LogP contribution is 2.61. The van der Waals surface area contributed by atoms with Crippen molar-refractivity contribution in [1.82, 2.24) is 0 Å². The van der Waals surface area contributed by atoms with E-state index in [4.69, 9.17) is 11.6 Å². The minimum atomic E-state index is -0.132. The normalized spacial score (nSPS) is 38.0. The first-order chi connectivity index (χ1) is 11.1. The minimum Gasteiger partial charge on any atom is -0.507 e. The van der Waals surface area contributed by atoms with E-state index in [-0.39, 0.29) is 17.3 Å². The number of phenols is 1. The van der Waals surface area contributed by atoms with Gasteiger partial charge in [0.05, 0.1) is 11.7 Å². The molecule has 23 heavy (non-hydrogen) atoms. The molecule has 2 N–H and O–H groups in total. The fraction of sp³-hybridized carbons (Fsp3) is 0.600. The van der Waals surface area contributed by atoms with E-state index in [1.54, 1.807) is 6.07 Å². The Balaban J connectivity index is 1.75. The van der Waals surface area contributed by atoms with Gasteiger partial charge < -0.3 is 10.2 Å². The van der Waals surface area contributed by atoms with E-state index in [9.17, 15) is 10.2 Å². The third-order valence-electron chi connectivity index (χ3n) is 7.01. The molecule has 2 saturated carbocycles. The first kappa shape index (κ1) is 15.4. The lowest BCUT2D eigenvalue weighted by Gasteiger charge is -2.50. The zero-order valence-corrected chi connectivity index (χ0v) is 14.2. The maximum Gasteiger partial charge on any atom is 0.131 e. The maximum absolute atomic E-state index is 10.5.